The van der Waals surface area contributed by atoms with Gasteiger partial charge in [-0.25, -0.2) is 0 Å². The van der Waals surface area contributed by atoms with Crippen molar-refractivity contribution in [2.24, 2.45) is 0 Å². The molecule has 1 heterocycles. The molecule has 2 aromatic rings. The average Bonchev–Trinajstić information content (AvgIpc) is 2.59. The lowest BCUT2D eigenvalue weighted by Crippen LogP contribution is -1.79. The van der Waals surface area contributed by atoms with E-state index in [0.29, 0.717) is 11.1 Å². The van der Waals surface area contributed by atoms with E-state index in [1.165, 1.54) is 11.3 Å². The van der Waals surface area contributed by atoms with Gasteiger partial charge in [0.15, 0.2) is 0 Å². The van der Waals surface area contributed by atoms with E-state index in [9.17, 15) is 0 Å². The van der Waals surface area contributed by atoms with Crippen molar-refractivity contribution in [2.45, 2.75) is 0 Å². The van der Waals surface area contributed by atoms with Crippen molar-refractivity contribution in [3.05, 3.63) is 33.1 Å². The Labute approximate surface area is 93.1 Å². The SMILES string of the molecule is N#Cc1csc2cc(Br)cc(C#N)c12. The molecular formula is C10H3BrN2S. The summed E-state index contributed by atoms with van der Waals surface area (Å²) in [5, 5.41) is 20.3. The molecule has 0 amide bonds. The van der Waals surface area contributed by atoms with Gasteiger partial charge in [-0.1, -0.05) is 15.9 Å². The Morgan fingerprint density at radius 1 is 1.14 bits per heavy atom. The molecule has 2 nitrogen and oxygen atoms in total. The fraction of sp³-hybridized carbons (Fsp3) is 0. The Hall–Kier alpha value is -1.36. The van der Waals surface area contributed by atoms with E-state index < -0.39 is 0 Å². The first kappa shape index (κ1) is 9.21. The maximum Gasteiger partial charge on any atom is 0.101 e. The molecule has 1 aromatic carbocycles. The minimum Gasteiger partial charge on any atom is -0.192 e. The number of rotatable bonds is 0. The Kier molecular flexibility index (Phi) is 2.25. The van der Waals surface area contributed by atoms with Gasteiger partial charge in [-0.05, 0) is 12.1 Å². The Morgan fingerprint density at radius 2 is 1.86 bits per heavy atom. The van der Waals surface area contributed by atoms with E-state index in [4.69, 9.17) is 10.5 Å². The van der Waals surface area contributed by atoms with E-state index in [-0.39, 0.29) is 0 Å². The van der Waals surface area contributed by atoms with Crippen molar-refractivity contribution in [3.8, 4) is 12.1 Å². The number of thiophene rings is 1. The smallest absolute Gasteiger partial charge is 0.101 e. The van der Waals surface area contributed by atoms with Crippen LogP contribution in [0.3, 0.4) is 0 Å². The molecule has 0 aliphatic heterocycles. The topological polar surface area (TPSA) is 47.6 Å². The lowest BCUT2D eigenvalue weighted by molar-refractivity contribution is 1.49. The lowest BCUT2D eigenvalue weighted by atomic mass is 10.1. The van der Waals surface area contributed by atoms with Crippen LogP contribution in [0.1, 0.15) is 11.1 Å². The third-order valence-corrected chi connectivity index (χ3v) is 3.27. The molecule has 0 saturated carbocycles. The van der Waals surface area contributed by atoms with Crippen LogP contribution < -0.4 is 0 Å². The zero-order chi connectivity index (χ0) is 10.1. The molecule has 0 bridgehead atoms. The lowest BCUT2D eigenvalue weighted by Gasteiger charge is -1.95. The molecule has 0 unspecified atom stereocenters. The number of hydrogen-bond acceptors (Lipinski definition) is 3. The minimum absolute atomic E-state index is 0.548. The van der Waals surface area contributed by atoms with E-state index in [1.54, 1.807) is 11.4 Å². The van der Waals surface area contributed by atoms with E-state index in [2.05, 4.69) is 28.1 Å². The van der Waals surface area contributed by atoms with Gasteiger partial charge >= 0.3 is 0 Å². The van der Waals surface area contributed by atoms with Crippen LogP contribution >= 0.6 is 27.3 Å². The number of nitriles is 2. The van der Waals surface area contributed by atoms with Crippen molar-refractivity contribution in [1.29, 1.82) is 10.5 Å². The molecule has 0 radical (unpaired) electrons. The van der Waals surface area contributed by atoms with Crippen LogP contribution in [0, 0.1) is 22.7 Å². The fourth-order valence-electron chi connectivity index (χ4n) is 1.30. The second-order valence-electron chi connectivity index (χ2n) is 2.70. The fourth-order valence-corrected chi connectivity index (χ4v) is 2.86. The number of hydrogen-bond donors (Lipinski definition) is 0. The highest BCUT2D eigenvalue weighted by molar-refractivity contribution is 9.10. The van der Waals surface area contributed by atoms with Crippen LogP contribution in [0.5, 0.6) is 0 Å². The van der Waals surface area contributed by atoms with Gasteiger partial charge < -0.3 is 0 Å². The van der Waals surface area contributed by atoms with Gasteiger partial charge in [0, 0.05) is 19.9 Å². The molecule has 0 aliphatic carbocycles. The van der Waals surface area contributed by atoms with Crippen molar-refractivity contribution >= 4 is 37.4 Å². The van der Waals surface area contributed by atoms with Crippen LogP contribution in [-0.4, -0.2) is 0 Å². The first-order valence-corrected chi connectivity index (χ1v) is 5.44. The molecule has 0 saturated heterocycles. The third kappa shape index (κ3) is 1.29. The predicted molar refractivity (Wildman–Crippen MR) is 59.0 cm³/mol. The number of nitrogens with zero attached hydrogens (tertiary/aromatic N) is 2. The van der Waals surface area contributed by atoms with Crippen molar-refractivity contribution in [2.75, 3.05) is 0 Å². The normalized spacial score (nSPS) is 9.64. The molecule has 14 heavy (non-hydrogen) atoms. The second-order valence-corrected chi connectivity index (χ2v) is 4.53. The first-order valence-electron chi connectivity index (χ1n) is 3.77. The van der Waals surface area contributed by atoms with Gasteiger partial charge in [-0.2, -0.15) is 10.5 Å². The summed E-state index contributed by atoms with van der Waals surface area (Å²) in [6, 6.07) is 7.84. The highest BCUT2D eigenvalue weighted by atomic mass is 79.9. The van der Waals surface area contributed by atoms with E-state index >= 15 is 0 Å². The van der Waals surface area contributed by atoms with Crippen LogP contribution in [0.2, 0.25) is 0 Å². The Balaban J connectivity index is 2.96. The van der Waals surface area contributed by atoms with E-state index in [1.807, 2.05) is 6.07 Å². The summed E-state index contributed by atoms with van der Waals surface area (Å²) < 4.78 is 1.83. The van der Waals surface area contributed by atoms with Gasteiger partial charge in [0.05, 0.1) is 17.2 Å². The zero-order valence-electron chi connectivity index (χ0n) is 6.91. The molecule has 2 rings (SSSR count). The summed E-state index contributed by atoms with van der Waals surface area (Å²) in [5.41, 5.74) is 1.13. The van der Waals surface area contributed by atoms with Gasteiger partial charge in [-0.15, -0.1) is 11.3 Å². The molecule has 0 atom stereocenters. The number of benzene rings is 1. The summed E-state index contributed by atoms with van der Waals surface area (Å²) in [6.07, 6.45) is 0. The van der Waals surface area contributed by atoms with Crippen LogP contribution in [0.25, 0.3) is 10.1 Å². The third-order valence-electron chi connectivity index (χ3n) is 1.88. The number of fused-ring (bicyclic) bond motifs is 1. The quantitative estimate of drug-likeness (QED) is 0.731. The van der Waals surface area contributed by atoms with Gasteiger partial charge in [0.25, 0.3) is 0 Å². The van der Waals surface area contributed by atoms with Gasteiger partial charge in [0.1, 0.15) is 6.07 Å². The Bertz CT molecular complexity index is 586. The predicted octanol–water partition coefficient (Wildman–Crippen LogP) is 3.41. The maximum atomic E-state index is 8.92. The maximum absolute atomic E-state index is 8.92. The highest BCUT2D eigenvalue weighted by Crippen LogP contribution is 2.31. The molecule has 66 valence electrons. The van der Waals surface area contributed by atoms with Crippen LogP contribution in [0.15, 0.2) is 22.0 Å². The largest absolute Gasteiger partial charge is 0.192 e. The number of halogens is 1. The minimum atomic E-state index is 0.548. The molecule has 0 N–H and O–H groups in total. The van der Waals surface area contributed by atoms with Crippen molar-refractivity contribution in [3.63, 3.8) is 0 Å². The Morgan fingerprint density at radius 3 is 2.50 bits per heavy atom. The summed E-state index contributed by atoms with van der Waals surface area (Å²) in [6.45, 7) is 0. The van der Waals surface area contributed by atoms with Crippen LogP contribution in [0.4, 0.5) is 0 Å². The summed E-state index contributed by atoms with van der Waals surface area (Å²) >= 11 is 4.81. The molecule has 0 spiro atoms. The van der Waals surface area contributed by atoms with Crippen molar-refractivity contribution < 1.29 is 0 Å². The summed E-state index contributed by atoms with van der Waals surface area (Å²) in [4.78, 5) is 0. The first-order chi connectivity index (χ1) is 6.76. The standard InChI is InChI=1S/C10H3BrN2S/c11-8-1-6(3-12)10-7(4-13)5-14-9(10)2-8/h1-2,5H. The molecular weight excluding hydrogens is 260 g/mol. The van der Waals surface area contributed by atoms with Crippen LogP contribution in [-0.2, 0) is 0 Å². The molecule has 1 aromatic heterocycles. The average molecular weight is 263 g/mol. The summed E-state index contributed by atoms with van der Waals surface area (Å²) in [5.74, 6) is 0. The highest BCUT2D eigenvalue weighted by Gasteiger charge is 2.09. The van der Waals surface area contributed by atoms with E-state index in [0.717, 1.165) is 14.6 Å². The molecule has 0 aliphatic rings. The summed E-state index contributed by atoms with van der Waals surface area (Å²) in [7, 11) is 0. The monoisotopic (exact) mass is 262 g/mol. The molecule has 0 fully saturated rings. The zero-order valence-corrected chi connectivity index (χ0v) is 9.32. The van der Waals surface area contributed by atoms with Gasteiger partial charge in [-0.3, -0.25) is 0 Å². The molecule has 4 heteroatoms. The van der Waals surface area contributed by atoms with Crippen molar-refractivity contribution in [1.82, 2.24) is 0 Å². The van der Waals surface area contributed by atoms with Gasteiger partial charge in [0.2, 0.25) is 0 Å². The second kappa shape index (κ2) is 3.42.